The number of nitrogens with zero attached hydrogens (tertiary/aromatic N) is 5. The first-order valence-electron chi connectivity index (χ1n) is 5.03. The number of aldehydes is 1. The summed E-state index contributed by atoms with van der Waals surface area (Å²) in [4.78, 5) is 15.9. The van der Waals surface area contributed by atoms with Crippen LogP contribution in [0.25, 0.3) is 5.82 Å². The van der Waals surface area contributed by atoms with Crippen LogP contribution in [-0.4, -0.2) is 33.4 Å². The molecule has 7 heteroatoms. The number of aryl methyl sites for hydroxylation is 1. The maximum atomic E-state index is 10.5. The van der Waals surface area contributed by atoms with Crippen LogP contribution in [0, 0.1) is 18.3 Å². The van der Waals surface area contributed by atoms with Gasteiger partial charge in [0, 0.05) is 0 Å². The minimum Gasteiger partial charge on any atom is -0.480 e. The Morgan fingerprint density at radius 3 is 2.89 bits per heavy atom. The summed E-state index contributed by atoms with van der Waals surface area (Å²) in [5.74, 6) is 0.592. The fourth-order valence-electron chi connectivity index (χ4n) is 1.45. The van der Waals surface area contributed by atoms with Gasteiger partial charge in [-0.05, 0) is 18.6 Å². The molecule has 2 aromatic heterocycles. The van der Waals surface area contributed by atoms with E-state index in [4.69, 9.17) is 10.00 Å². The smallest absolute Gasteiger partial charge is 0.233 e. The number of hydrogen-bond donors (Lipinski definition) is 0. The zero-order chi connectivity index (χ0) is 13.1. The minimum atomic E-state index is 0.206. The standard InChI is InChI=1S/C11H9N5O2/c1-7-3-10(14-11(18-2)9(7)4-12)16-13-5-8(6-17)15-16/h3,5-6H,1-2H3. The summed E-state index contributed by atoms with van der Waals surface area (Å²) in [5.41, 5.74) is 1.27. The Morgan fingerprint density at radius 2 is 2.33 bits per heavy atom. The predicted octanol–water partition coefficient (Wildman–Crippen LogP) is 0.663. The lowest BCUT2D eigenvalue weighted by molar-refractivity contribution is 0.111. The number of aromatic nitrogens is 4. The summed E-state index contributed by atoms with van der Waals surface area (Å²) in [7, 11) is 1.43. The van der Waals surface area contributed by atoms with E-state index < -0.39 is 0 Å². The van der Waals surface area contributed by atoms with Crippen LogP contribution in [-0.2, 0) is 0 Å². The zero-order valence-corrected chi connectivity index (χ0v) is 9.78. The average Bonchev–Trinajstić information content (AvgIpc) is 2.86. The lowest BCUT2D eigenvalue weighted by Gasteiger charge is -2.07. The Morgan fingerprint density at radius 1 is 1.56 bits per heavy atom. The van der Waals surface area contributed by atoms with Crippen LogP contribution in [0.5, 0.6) is 5.88 Å². The molecule has 0 unspecified atom stereocenters. The molecule has 2 heterocycles. The van der Waals surface area contributed by atoms with E-state index in [1.54, 1.807) is 13.0 Å². The van der Waals surface area contributed by atoms with Crippen molar-refractivity contribution in [1.82, 2.24) is 20.0 Å². The number of carbonyl (C=O) groups is 1. The summed E-state index contributed by atoms with van der Waals surface area (Å²) in [6, 6.07) is 3.66. The molecule has 0 radical (unpaired) electrons. The SMILES string of the molecule is COc1nc(-n2ncc(C=O)n2)cc(C)c1C#N. The van der Waals surface area contributed by atoms with Crippen LogP contribution in [0.3, 0.4) is 0 Å². The Hall–Kier alpha value is -2.75. The first kappa shape index (κ1) is 11.7. The molecule has 0 bridgehead atoms. The number of hydrogen-bond acceptors (Lipinski definition) is 6. The van der Waals surface area contributed by atoms with Crippen molar-refractivity contribution < 1.29 is 9.53 Å². The van der Waals surface area contributed by atoms with Crippen LogP contribution < -0.4 is 4.74 Å². The quantitative estimate of drug-likeness (QED) is 0.735. The van der Waals surface area contributed by atoms with Gasteiger partial charge in [-0.3, -0.25) is 4.79 Å². The van der Waals surface area contributed by atoms with Gasteiger partial charge in [0.25, 0.3) is 0 Å². The molecule has 0 N–H and O–H groups in total. The number of nitriles is 1. The first-order valence-corrected chi connectivity index (χ1v) is 5.03. The highest BCUT2D eigenvalue weighted by Gasteiger charge is 2.12. The minimum absolute atomic E-state index is 0.206. The summed E-state index contributed by atoms with van der Waals surface area (Å²) in [5, 5.41) is 16.8. The molecule has 0 aliphatic rings. The zero-order valence-electron chi connectivity index (χ0n) is 9.78. The van der Waals surface area contributed by atoms with E-state index in [1.807, 2.05) is 6.07 Å². The largest absolute Gasteiger partial charge is 0.480 e. The van der Waals surface area contributed by atoms with Gasteiger partial charge in [-0.15, -0.1) is 9.90 Å². The van der Waals surface area contributed by atoms with Crippen LogP contribution >= 0.6 is 0 Å². The highest BCUT2D eigenvalue weighted by molar-refractivity contribution is 5.70. The molecule has 0 atom stereocenters. The van der Waals surface area contributed by atoms with Gasteiger partial charge in [-0.1, -0.05) is 0 Å². The molecule has 0 saturated heterocycles. The molecule has 0 aliphatic carbocycles. The normalized spacial score (nSPS) is 9.83. The molecule has 0 saturated carbocycles. The molecule has 18 heavy (non-hydrogen) atoms. The van der Waals surface area contributed by atoms with Gasteiger partial charge in [0.15, 0.2) is 12.1 Å². The number of methoxy groups -OCH3 is 1. The maximum absolute atomic E-state index is 10.5. The Labute approximate surface area is 103 Å². The highest BCUT2D eigenvalue weighted by Crippen LogP contribution is 2.20. The topological polar surface area (TPSA) is 93.7 Å². The molecule has 7 nitrogen and oxygen atoms in total. The average molecular weight is 243 g/mol. The number of pyridine rings is 1. The summed E-state index contributed by atoms with van der Waals surface area (Å²) >= 11 is 0. The van der Waals surface area contributed by atoms with E-state index in [9.17, 15) is 4.79 Å². The van der Waals surface area contributed by atoms with Crippen LogP contribution in [0.2, 0.25) is 0 Å². The third-order valence-electron chi connectivity index (χ3n) is 2.31. The van der Waals surface area contributed by atoms with Crippen LogP contribution in [0.1, 0.15) is 21.6 Å². The van der Waals surface area contributed by atoms with E-state index in [-0.39, 0.29) is 11.6 Å². The molecule has 0 aromatic carbocycles. The van der Waals surface area contributed by atoms with Crippen molar-refractivity contribution in [2.45, 2.75) is 6.92 Å². The second kappa shape index (κ2) is 4.63. The van der Waals surface area contributed by atoms with Gasteiger partial charge in [0.2, 0.25) is 5.88 Å². The van der Waals surface area contributed by atoms with E-state index in [0.717, 1.165) is 0 Å². The van der Waals surface area contributed by atoms with E-state index in [0.29, 0.717) is 23.2 Å². The fraction of sp³-hybridized carbons (Fsp3) is 0.182. The van der Waals surface area contributed by atoms with E-state index in [1.165, 1.54) is 18.1 Å². The highest BCUT2D eigenvalue weighted by atomic mass is 16.5. The van der Waals surface area contributed by atoms with Gasteiger partial charge in [0.1, 0.15) is 17.3 Å². The Bertz CT molecular complexity index is 641. The molecule has 90 valence electrons. The van der Waals surface area contributed by atoms with Crippen molar-refractivity contribution in [2.24, 2.45) is 0 Å². The third-order valence-corrected chi connectivity index (χ3v) is 2.31. The molecular formula is C11H9N5O2. The summed E-state index contributed by atoms with van der Waals surface area (Å²) < 4.78 is 5.04. The lowest BCUT2D eigenvalue weighted by atomic mass is 10.1. The van der Waals surface area contributed by atoms with Crippen molar-refractivity contribution in [3.05, 3.63) is 29.1 Å². The van der Waals surface area contributed by atoms with Crippen molar-refractivity contribution in [1.29, 1.82) is 5.26 Å². The molecule has 0 aliphatic heterocycles. The van der Waals surface area contributed by atoms with Gasteiger partial charge in [-0.2, -0.15) is 15.3 Å². The van der Waals surface area contributed by atoms with Crippen molar-refractivity contribution in [3.8, 4) is 17.8 Å². The van der Waals surface area contributed by atoms with Crippen molar-refractivity contribution in [2.75, 3.05) is 7.11 Å². The monoisotopic (exact) mass is 243 g/mol. The van der Waals surface area contributed by atoms with Gasteiger partial charge < -0.3 is 4.74 Å². The van der Waals surface area contributed by atoms with E-state index >= 15 is 0 Å². The molecule has 0 amide bonds. The van der Waals surface area contributed by atoms with Gasteiger partial charge >= 0.3 is 0 Å². The summed E-state index contributed by atoms with van der Waals surface area (Å²) in [6.07, 6.45) is 1.92. The Kier molecular flexibility index (Phi) is 3.02. The first-order chi connectivity index (χ1) is 8.69. The molecular weight excluding hydrogens is 234 g/mol. The molecule has 2 aromatic rings. The van der Waals surface area contributed by atoms with Gasteiger partial charge in [0.05, 0.1) is 13.3 Å². The van der Waals surface area contributed by atoms with E-state index in [2.05, 4.69) is 15.2 Å². The number of ether oxygens (including phenoxy) is 1. The number of carbonyl (C=O) groups excluding carboxylic acids is 1. The summed E-state index contributed by atoms with van der Waals surface area (Å²) in [6.45, 7) is 1.76. The molecule has 2 rings (SSSR count). The second-order valence-corrected chi connectivity index (χ2v) is 3.47. The third kappa shape index (κ3) is 1.91. The number of rotatable bonds is 3. The Balaban J connectivity index is 2.56. The van der Waals surface area contributed by atoms with Crippen LogP contribution in [0.15, 0.2) is 12.3 Å². The molecule has 0 spiro atoms. The van der Waals surface area contributed by atoms with Crippen molar-refractivity contribution in [3.63, 3.8) is 0 Å². The lowest BCUT2D eigenvalue weighted by Crippen LogP contribution is -2.05. The maximum Gasteiger partial charge on any atom is 0.233 e. The van der Waals surface area contributed by atoms with Crippen LogP contribution in [0.4, 0.5) is 0 Å². The van der Waals surface area contributed by atoms with Crippen molar-refractivity contribution >= 4 is 6.29 Å². The van der Waals surface area contributed by atoms with Gasteiger partial charge in [-0.25, -0.2) is 0 Å². The molecule has 0 fully saturated rings. The second-order valence-electron chi connectivity index (χ2n) is 3.47. The predicted molar refractivity (Wildman–Crippen MR) is 60.5 cm³/mol. The fourth-order valence-corrected chi connectivity index (χ4v) is 1.45.